The Balaban J connectivity index is 1.91. The molecule has 0 unspecified atom stereocenters. The Labute approximate surface area is 142 Å². The van der Waals surface area contributed by atoms with E-state index in [-0.39, 0.29) is 18.4 Å². The summed E-state index contributed by atoms with van der Waals surface area (Å²) < 4.78 is 0. The summed E-state index contributed by atoms with van der Waals surface area (Å²) in [7, 11) is 0. The third-order valence-corrected chi connectivity index (χ3v) is 3.43. The third-order valence-electron chi connectivity index (χ3n) is 3.43. The first-order valence-electron chi connectivity index (χ1n) is 7.98. The molecule has 0 saturated carbocycles. The molecule has 2 amide bonds. The van der Waals surface area contributed by atoms with Gasteiger partial charge in [-0.3, -0.25) is 9.59 Å². The average molecular weight is 325 g/mol. The zero-order valence-electron chi connectivity index (χ0n) is 14.3. The van der Waals surface area contributed by atoms with Gasteiger partial charge in [-0.25, -0.2) is 0 Å². The number of carbonyl (C=O) groups excluding carboxylic acids is 2. The average Bonchev–Trinajstić information content (AvgIpc) is 2.52. The molecule has 0 bridgehead atoms. The molecule has 5 nitrogen and oxygen atoms in total. The van der Waals surface area contributed by atoms with Gasteiger partial charge in [-0.05, 0) is 55.3 Å². The first-order valence-corrected chi connectivity index (χ1v) is 7.98. The van der Waals surface area contributed by atoms with Crippen LogP contribution in [0.2, 0.25) is 0 Å². The molecule has 0 atom stereocenters. The van der Waals surface area contributed by atoms with E-state index in [9.17, 15) is 9.59 Å². The minimum atomic E-state index is -0.122. The van der Waals surface area contributed by atoms with Gasteiger partial charge in [0.1, 0.15) is 0 Å². The number of hydrogen-bond acceptors (Lipinski definition) is 3. The van der Waals surface area contributed by atoms with Crippen molar-refractivity contribution in [2.45, 2.75) is 27.2 Å². The molecule has 0 aliphatic heterocycles. The third kappa shape index (κ3) is 5.43. The lowest BCUT2D eigenvalue weighted by Crippen LogP contribution is -2.22. The summed E-state index contributed by atoms with van der Waals surface area (Å²) in [5.74, 6) is -0.164. The van der Waals surface area contributed by atoms with Crippen molar-refractivity contribution in [3.05, 3.63) is 53.6 Å². The zero-order valence-corrected chi connectivity index (χ0v) is 14.3. The van der Waals surface area contributed by atoms with Crippen LogP contribution in [0.25, 0.3) is 0 Å². The van der Waals surface area contributed by atoms with Crippen LogP contribution in [-0.4, -0.2) is 18.4 Å². The fourth-order valence-electron chi connectivity index (χ4n) is 2.39. The molecule has 2 aromatic rings. The second-order valence-electron chi connectivity index (χ2n) is 5.76. The Morgan fingerprint density at radius 3 is 2.12 bits per heavy atom. The van der Waals surface area contributed by atoms with E-state index in [0.717, 1.165) is 22.5 Å². The second kappa shape index (κ2) is 8.15. The van der Waals surface area contributed by atoms with Crippen LogP contribution in [0, 0.1) is 13.8 Å². The van der Waals surface area contributed by atoms with Crippen LogP contribution in [0.1, 0.15) is 24.5 Å². The number of amides is 2. The minimum Gasteiger partial charge on any atom is -0.376 e. The molecule has 3 N–H and O–H groups in total. The monoisotopic (exact) mass is 325 g/mol. The fraction of sp³-hybridized carbons (Fsp3) is 0.263. The molecule has 2 rings (SSSR count). The Bertz CT molecular complexity index is 721. The predicted molar refractivity (Wildman–Crippen MR) is 98.4 cm³/mol. The highest BCUT2D eigenvalue weighted by molar-refractivity contribution is 5.94. The van der Waals surface area contributed by atoms with Crippen LogP contribution in [-0.2, 0) is 9.59 Å². The van der Waals surface area contributed by atoms with Gasteiger partial charge < -0.3 is 16.0 Å². The van der Waals surface area contributed by atoms with Gasteiger partial charge >= 0.3 is 0 Å². The van der Waals surface area contributed by atoms with E-state index in [0.29, 0.717) is 12.1 Å². The van der Waals surface area contributed by atoms with Crippen molar-refractivity contribution >= 4 is 28.9 Å². The molecule has 0 radical (unpaired) electrons. The Hall–Kier alpha value is -2.82. The van der Waals surface area contributed by atoms with Crippen molar-refractivity contribution in [3.63, 3.8) is 0 Å². The van der Waals surface area contributed by atoms with Gasteiger partial charge in [-0.15, -0.1) is 0 Å². The summed E-state index contributed by atoms with van der Waals surface area (Å²) in [4.78, 5) is 23.5. The number of aryl methyl sites for hydroxylation is 2. The molecular weight excluding hydrogens is 302 g/mol. The van der Waals surface area contributed by atoms with Gasteiger partial charge in [0.25, 0.3) is 0 Å². The van der Waals surface area contributed by atoms with E-state index in [4.69, 9.17) is 0 Å². The first kappa shape index (κ1) is 17.5. The summed E-state index contributed by atoms with van der Waals surface area (Å²) in [5.41, 5.74) is 4.50. The highest BCUT2D eigenvalue weighted by Crippen LogP contribution is 2.16. The minimum absolute atomic E-state index is 0.0419. The van der Waals surface area contributed by atoms with Crippen LogP contribution in [0.15, 0.2) is 42.5 Å². The molecule has 0 heterocycles. The van der Waals surface area contributed by atoms with Crippen molar-refractivity contribution in [1.82, 2.24) is 0 Å². The topological polar surface area (TPSA) is 70.2 Å². The maximum Gasteiger partial charge on any atom is 0.243 e. The molecule has 2 aromatic carbocycles. The van der Waals surface area contributed by atoms with E-state index in [1.807, 2.05) is 44.2 Å². The standard InChI is InChI=1S/C19H23N3O2/c1-4-18(23)21-16-7-5-6-15(11-16)20-12-19(24)22-17-9-13(2)8-14(3)10-17/h5-11,20H,4,12H2,1-3H3,(H,21,23)(H,22,24). The van der Waals surface area contributed by atoms with E-state index in [2.05, 4.69) is 22.0 Å². The van der Waals surface area contributed by atoms with Crippen LogP contribution >= 0.6 is 0 Å². The van der Waals surface area contributed by atoms with E-state index < -0.39 is 0 Å². The van der Waals surface area contributed by atoms with Crippen molar-refractivity contribution < 1.29 is 9.59 Å². The van der Waals surface area contributed by atoms with Crippen LogP contribution in [0.3, 0.4) is 0 Å². The first-order chi connectivity index (χ1) is 11.5. The predicted octanol–water partition coefficient (Wildman–Crippen LogP) is 3.70. The molecule has 0 spiro atoms. The van der Waals surface area contributed by atoms with Crippen LogP contribution < -0.4 is 16.0 Å². The molecule has 5 heteroatoms. The summed E-state index contributed by atoms with van der Waals surface area (Å²) in [6.07, 6.45) is 0.427. The van der Waals surface area contributed by atoms with Crippen molar-refractivity contribution in [2.24, 2.45) is 0 Å². The highest BCUT2D eigenvalue weighted by atomic mass is 16.2. The van der Waals surface area contributed by atoms with E-state index in [1.165, 1.54) is 0 Å². The lowest BCUT2D eigenvalue weighted by atomic mass is 10.1. The smallest absolute Gasteiger partial charge is 0.243 e. The number of rotatable bonds is 6. The maximum absolute atomic E-state index is 12.1. The van der Waals surface area contributed by atoms with Crippen molar-refractivity contribution in [1.29, 1.82) is 0 Å². The summed E-state index contributed by atoms with van der Waals surface area (Å²) in [6, 6.07) is 13.2. The molecule has 0 aliphatic rings. The van der Waals surface area contributed by atoms with E-state index >= 15 is 0 Å². The van der Waals surface area contributed by atoms with Crippen molar-refractivity contribution in [3.8, 4) is 0 Å². The summed E-state index contributed by atoms with van der Waals surface area (Å²) in [6.45, 7) is 5.95. The fourth-order valence-corrected chi connectivity index (χ4v) is 2.39. The van der Waals surface area contributed by atoms with Gasteiger partial charge in [0.2, 0.25) is 11.8 Å². The largest absolute Gasteiger partial charge is 0.376 e. The number of anilines is 3. The quantitative estimate of drug-likeness (QED) is 0.758. The van der Waals surface area contributed by atoms with Gasteiger partial charge in [-0.2, -0.15) is 0 Å². The summed E-state index contributed by atoms with van der Waals surface area (Å²) >= 11 is 0. The second-order valence-corrected chi connectivity index (χ2v) is 5.76. The number of nitrogens with one attached hydrogen (secondary N) is 3. The maximum atomic E-state index is 12.1. The molecule has 0 aromatic heterocycles. The van der Waals surface area contributed by atoms with Crippen LogP contribution in [0.4, 0.5) is 17.1 Å². The van der Waals surface area contributed by atoms with Gasteiger partial charge in [0.15, 0.2) is 0 Å². The lowest BCUT2D eigenvalue weighted by Gasteiger charge is -2.10. The molecule has 0 saturated heterocycles. The van der Waals surface area contributed by atoms with E-state index in [1.54, 1.807) is 13.0 Å². The van der Waals surface area contributed by atoms with Gasteiger partial charge in [-0.1, -0.05) is 19.1 Å². The number of hydrogen-bond donors (Lipinski definition) is 3. The van der Waals surface area contributed by atoms with Gasteiger partial charge in [0, 0.05) is 23.5 Å². The molecule has 0 aliphatic carbocycles. The van der Waals surface area contributed by atoms with Gasteiger partial charge in [0.05, 0.1) is 6.54 Å². The van der Waals surface area contributed by atoms with Crippen molar-refractivity contribution in [2.75, 3.05) is 22.5 Å². The molecule has 126 valence electrons. The number of carbonyl (C=O) groups is 2. The summed E-state index contributed by atoms with van der Waals surface area (Å²) in [5, 5.41) is 8.73. The Morgan fingerprint density at radius 2 is 1.46 bits per heavy atom. The molecular formula is C19H23N3O2. The highest BCUT2D eigenvalue weighted by Gasteiger charge is 2.05. The zero-order chi connectivity index (χ0) is 17.5. The Kier molecular flexibility index (Phi) is 5.95. The normalized spacial score (nSPS) is 10.1. The molecule has 0 fully saturated rings. The molecule has 24 heavy (non-hydrogen) atoms. The Morgan fingerprint density at radius 1 is 0.833 bits per heavy atom. The number of benzene rings is 2. The SMILES string of the molecule is CCC(=O)Nc1cccc(NCC(=O)Nc2cc(C)cc(C)c2)c1. The van der Waals surface area contributed by atoms with Crippen LogP contribution in [0.5, 0.6) is 0 Å². The lowest BCUT2D eigenvalue weighted by molar-refractivity contribution is -0.116.